The summed E-state index contributed by atoms with van der Waals surface area (Å²) in [5, 5.41) is 3.57. The number of likely N-dealkylation sites (tertiary alicyclic amines) is 1. The molecule has 2 aliphatic rings. The summed E-state index contributed by atoms with van der Waals surface area (Å²) in [4.78, 5) is 31.3. The molecule has 0 saturated carbocycles. The zero-order chi connectivity index (χ0) is 20.2. The summed E-state index contributed by atoms with van der Waals surface area (Å²) in [6, 6.07) is 10.8. The Hall–Kier alpha value is -2.48. The fourth-order valence-electron chi connectivity index (χ4n) is 3.89. The second kappa shape index (κ2) is 8.90. The van der Waals surface area contributed by atoms with Gasteiger partial charge in [-0.3, -0.25) is 14.6 Å². The van der Waals surface area contributed by atoms with Gasteiger partial charge in [-0.2, -0.15) is 0 Å². The molecule has 4 rings (SSSR count). The molecule has 2 unspecified atom stereocenters. The van der Waals surface area contributed by atoms with Gasteiger partial charge in [-0.15, -0.1) is 0 Å². The molecule has 29 heavy (non-hydrogen) atoms. The van der Waals surface area contributed by atoms with E-state index in [1.54, 1.807) is 36.7 Å². The molecule has 0 aliphatic carbocycles. The number of amides is 2. The lowest BCUT2D eigenvalue weighted by molar-refractivity contribution is -0.136. The molecule has 2 amide bonds. The fourth-order valence-corrected chi connectivity index (χ4v) is 4.02. The van der Waals surface area contributed by atoms with Crippen LogP contribution in [-0.4, -0.2) is 40.8 Å². The molecule has 2 atom stereocenters. The van der Waals surface area contributed by atoms with Crippen molar-refractivity contribution in [3.05, 3.63) is 59.4 Å². The van der Waals surface area contributed by atoms with Crippen molar-refractivity contribution in [3.63, 3.8) is 0 Å². The van der Waals surface area contributed by atoms with Gasteiger partial charge in [0.1, 0.15) is 6.04 Å². The van der Waals surface area contributed by atoms with E-state index in [0.717, 1.165) is 11.3 Å². The summed E-state index contributed by atoms with van der Waals surface area (Å²) in [7, 11) is 0. The molecule has 0 spiro atoms. The van der Waals surface area contributed by atoms with Gasteiger partial charge in [-0.05, 0) is 61.2 Å². The molecule has 0 radical (unpaired) electrons. The molecule has 2 fully saturated rings. The lowest BCUT2D eigenvalue weighted by Crippen LogP contribution is -2.49. The second-order valence-electron chi connectivity index (χ2n) is 7.51. The van der Waals surface area contributed by atoms with E-state index in [2.05, 4.69) is 21.2 Å². The molecule has 1 aromatic carbocycles. The van der Waals surface area contributed by atoms with Crippen LogP contribution in [0.5, 0.6) is 0 Å². The number of aromatic nitrogens is 1. The van der Waals surface area contributed by atoms with E-state index in [1.165, 1.54) is 0 Å². The number of piperidine rings is 1. The Bertz CT molecular complexity index is 853. The zero-order valence-electron chi connectivity index (χ0n) is 16.0. The number of nitrogens with one attached hydrogen (secondary N) is 3. The lowest BCUT2D eigenvalue weighted by atomic mass is 9.94. The molecule has 2 saturated heterocycles. The average Bonchev–Trinajstić information content (AvgIpc) is 3.26. The number of benzene rings is 1. The predicted octanol–water partition coefficient (Wildman–Crippen LogP) is 2.52. The number of rotatable bonds is 4. The number of carbonyl (C=O) groups is 2. The summed E-state index contributed by atoms with van der Waals surface area (Å²) >= 11 is 5.88. The second-order valence-corrected chi connectivity index (χ2v) is 7.94. The highest BCUT2D eigenvalue weighted by atomic mass is 35.5. The van der Waals surface area contributed by atoms with Crippen LogP contribution in [-0.2, 0) is 9.59 Å². The van der Waals surface area contributed by atoms with E-state index in [0.29, 0.717) is 37.4 Å². The Balaban J connectivity index is 1.26. The molecule has 2 aliphatic heterocycles. The van der Waals surface area contributed by atoms with Crippen molar-refractivity contribution >= 4 is 29.1 Å². The van der Waals surface area contributed by atoms with Gasteiger partial charge in [0.2, 0.25) is 11.8 Å². The van der Waals surface area contributed by atoms with Crippen LogP contribution in [0, 0.1) is 5.92 Å². The monoisotopic (exact) mass is 413 g/mol. The number of hydrogen-bond donors (Lipinski definition) is 3. The fraction of sp³-hybridized carbons (Fsp3) is 0.381. The lowest BCUT2D eigenvalue weighted by Gasteiger charge is -2.32. The topological polar surface area (TPSA) is 86.4 Å². The quantitative estimate of drug-likeness (QED) is 0.717. The van der Waals surface area contributed by atoms with E-state index in [9.17, 15) is 9.59 Å². The number of halogens is 1. The summed E-state index contributed by atoms with van der Waals surface area (Å²) in [5.74, 6) is -0.00240. The van der Waals surface area contributed by atoms with Crippen LogP contribution in [0.15, 0.2) is 48.8 Å². The van der Waals surface area contributed by atoms with Crippen LogP contribution in [0.25, 0.3) is 0 Å². The van der Waals surface area contributed by atoms with Crippen molar-refractivity contribution in [2.45, 2.75) is 31.3 Å². The van der Waals surface area contributed by atoms with Gasteiger partial charge in [-0.25, -0.2) is 10.9 Å². The molecule has 0 bridgehead atoms. The van der Waals surface area contributed by atoms with Gasteiger partial charge in [-0.1, -0.05) is 11.6 Å². The third kappa shape index (κ3) is 4.75. The molecule has 152 valence electrons. The van der Waals surface area contributed by atoms with Gasteiger partial charge in [0.25, 0.3) is 0 Å². The van der Waals surface area contributed by atoms with Crippen molar-refractivity contribution in [3.8, 4) is 0 Å². The Morgan fingerprint density at radius 3 is 2.41 bits per heavy atom. The Labute approximate surface area is 174 Å². The number of anilines is 1. The van der Waals surface area contributed by atoms with Crippen molar-refractivity contribution < 1.29 is 9.59 Å². The summed E-state index contributed by atoms with van der Waals surface area (Å²) in [5.41, 5.74) is 8.17. The maximum Gasteiger partial charge on any atom is 0.241 e. The first-order chi connectivity index (χ1) is 14.1. The molecule has 1 aromatic heterocycles. The standard InChI is InChI=1S/C21H24ClN5O2/c22-16-1-3-17(4-2-16)24-20(28)15-7-11-27(12-8-15)21(29)19-13-18(25-26-19)14-5-9-23-10-6-14/h1-6,9-10,15,18-19,25-26H,7-8,11-13H2,(H,24,28). The van der Waals surface area contributed by atoms with Crippen LogP contribution in [0.3, 0.4) is 0 Å². The maximum atomic E-state index is 12.9. The van der Waals surface area contributed by atoms with E-state index >= 15 is 0 Å². The van der Waals surface area contributed by atoms with E-state index in [1.807, 2.05) is 17.0 Å². The highest BCUT2D eigenvalue weighted by Gasteiger charge is 2.35. The molecule has 3 heterocycles. The van der Waals surface area contributed by atoms with Crippen LogP contribution in [0.1, 0.15) is 30.9 Å². The minimum Gasteiger partial charge on any atom is -0.341 e. The molecular formula is C21H24ClN5O2. The van der Waals surface area contributed by atoms with E-state index in [4.69, 9.17) is 11.6 Å². The minimum atomic E-state index is -0.257. The third-order valence-electron chi connectivity index (χ3n) is 5.60. The van der Waals surface area contributed by atoms with E-state index in [-0.39, 0.29) is 29.8 Å². The Morgan fingerprint density at radius 1 is 1.03 bits per heavy atom. The van der Waals surface area contributed by atoms with Gasteiger partial charge in [0.05, 0.1) is 0 Å². The van der Waals surface area contributed by atoms with Crippen LogP contribution < -0.4 is 16.2 Å². The van der Waals surface area contributed by atoms with Crippen molar-refractivity contribution in [2.24, 2.45) is 5.92 Å². The van der Waals surface area contributed by atoms with Crippen LogP contribution >= 0.6 is 11.6 Å². The molecular weight excluding hydrogens is 390 g/mol. The van der Waals surface area contributed by atoms with Crippen LogP contribution in [0.2, 0.25) is 5.02 Å². The average molecular weight is 414 g/mol. The molecule has 7 nitrogen and oxygen atoms in total. The van der Waals surface area contributed by atoms with Gasteiger partial charge in [0.15, 0.2) is 0 Å². The number of hydrazine groups is 1. The van der Waals surface area contributed by atoms with Gasteiger partial charge in [0, 0.05) is 48.2 Å². The number of pyridine rings is 1. The number of carbonyl (C=O) groups excluding carboxylic acids is 2. The van der Waals surface area contributed by atoms with Crippen molar-refractivity contribution in [2.75, 3.05) is 18.4 Å². The largest absolute Gasteiger partial charge is 0.341 e. The molecule has 3 N–H and O–H groups in total. The van der Waals surface area contributed by atoms with Gasteiger partial charge >= 0.3 is 0 Å². The third-order valence-corrected chi connectivity index (χ3v) is 5.85. The number of hydrogen-bond acceptors (Lipinski definition) is 5. The van der Waals surface area contributed by atoms with Crippen molar-refractivity contribution in [1.29, 1.82) is 0 Å². The molecule has 8 heteroatoms. The zero-order valence-corrected chi connectivity index (χ0v) is 16.7. The Morgan fingerprint density at radius 2 is 1.72 bits per heavy atom. The first-order valence-electron chi connectivity index (χ1n) is 9.86. The SMILES string of the molecule is O=C(Nc1ccc(Cl)cc1)C1CCN(C(=O)C2CC(c3ccncc3)NN2)CC1. The predicted molar refractivity (Wildman–Crippen MR) is 111 cm³/mol. The highest BCUT2D eigenvalue weighted by Crippen LogP contribution is 2.25. The summed E-state index contributed by atoms with van der Waals surface area (Å²) < 4.78 is 0. The summed E-state index contributed by atoms with van der Waals surface area (Å²) in [6.07, 6.45) is 5.54. The molecule has 2 aromatic rings. The first-order valence-corrected chi connectivity index (χ1v) is 10.2. The first kappa shape index (κ1) is 19.8. The minimum absolute atomic E-state index is 0.00201. The smallest absolute Gasteiger partial charge is 0.241 e. The highest BCUT2D eigenvalue weighted by molar-refractivity contribution is 6.30. The Kier molecular flexibility index (Phi) is 6.08. The normalized spacial score (nSPS) is 22.4. The number of nitrogens with zero attached hydrogens (tertiary/aromatic N) is 2. The van der Waals surface area contributed by atoms with E-state index < -0.39 is 0 Å². The van der Waals surface area contributed by atoms with Gasteiger partial charge < -0.3 is 10.2 Å². The van der Waals surface area contributed by atoms with Crippen LogP contribution in [0.4, 0.5) is 5.69 Å². The van der Waals surface area contributed by atoms with Crippen molar-refractivity contribution in [1.82, 2.24) is 20.7 Å². The summed E-state index contributed by atoms with van der Waals surface area (Å²) in [6.45, 7) is 1.19. The maximum absolute atomic E-state index is 12.9.